The number of likely N-dealkylation sites (tertiary alicyclic amines) is 1. The zero-order valence-corrected chi connectivity index (χ0v) is 23.3. The van der Waals surface area contributed by atoms with Crippen LogP contribution in [0.25, 0.3) is 11.1 Å². The SMILES string of the molecule is Cc1cc(NC(=O)c2ccnc(Cl)c2)c(C2CCN(Cc3ccc(-c4ccc(F)cc4)cc3)CC2)nc1Br. The quantitative estimate of drug-likeness (QED) is 0.234. The molecule has 2 aromatic heterocycles. The van der Waals surface area contributed by atoms with Crippen LogP contribution in [0.3, 0.4) is 0 Å². The first-order valence-electron chi connectivity index (χ1n) is 12.5. The number of halogens is 3. The molecule has 0 aliphatic carbocycles. The van der Waals surface area contributed by atoms with Crippen molar-refractivity contribution in [3.8, 4) is 11.1 Å². The third-order valence-corrected chi connectivity index (χ3v) is 7.94. The van der Waals surface area contributed by atoms with Gasteiger partial charge in [0.05, 0.1) is 11.4 Å². The van der Waals surface area contributed by atoms with Gasteiger partial charge in [0.25, 0.3) is 5.91 Å². The van der Waals surface area contributed by atoms with Crippen molar-refractivity contribution in [2.75, 3.05) is 18.4 Å². The number of hydrogen-bond donors (Lipinski definition) is 1. The Morgan fingerprint density at radius 1 is 1.05 bits per heavy atom. The van der Waals surface area contributed by atoms with Gasteiger partial charge in [0, 0.05) is 24.2 Å². The van der Waals surface area contributed by atoms with Crippen molar-refractivity contribution in [1.82, 2.24) is 14.9 Å². The minimum absolute atomic E-state index is 0.227. The van der Waals surface area contributed by atoms with E-state index in [1.165, 1.54) is 23.9 Å². The number of carbonyl (C=O) groups is 1. The van der Waals surface area contributed by atoms with E-state index in [0.717, 1.165) is 65.2 Å². The topological polar surface area (TPSA) is 58.1 Å². The van der Waals surface area contributed by atoms with E-state index >= 15 is 0 Å². The van der Waals surface area contributed by atoms with Crippen molar-refractivity contribution < 1.29 is 9.18 Å². The number of aryl methyl sites for hydroxylation is 1. The van der Waals surface area contributed by atoms with Gasteiger partial charge in [-0.15, -0.1) is 0 Å². The lowest BCUT2D eigenvalue weighted by Crippen LogP contribution is -2.33. The van der Waals surface area contributed by atoms with E-state index in [0.29, 0.717) is 5.56 Å². The highest BCUT2D eigenvalue weighted by molar-refractivity contribution is 9.10. The Balaban J connectivity index is 1.24. The normalized spacial score (nSPS) is 14.4. The largest absolute Gasteiger partial charge is 0.320 e. The second-order valence-electron chi connectivity index (χ2n) is 9.60. The first-order chi connectivity index (χ1) is 18.4. The number of benzene rings is 2. The van der Waals surface area contributed by atoms with E-state index in [1.807, 2.05) is 13.0 Å². The van der Waals surface area contributed by atoms with Gasteiger partial charge in [0.1, 0.15) is 15.6 Å². The summed E-state index contributed by atoms with van der Waals surface area (Å²) in [6.07, 6.45) is 3.41. The molecule has 0 spiro atoms. The molecule has 1 aliphatic heterocycles. The highest BCUT2D eigenvalue weighted by Crippen LogP contribution is 2.35. The van der Waals surface area contributed by atoms with Crippen LogP contribution >= 0.6 is 27.5 Å². The highest BCUT2D eigenvalue weighted by atomic mass is 79.9. The summed E-state index contributed by atoms with van der Waals surface area (Å²) in [6.45, 7) is 4.70. The molecule has 2 aromatic carbocycles. The second kappa shape index (κ2) is 11.7. The van der Waals surface area contributed by atoms with Crippen molar-refractivity contribution in [2.45, 2.75) is 32.2 Å². The number of carbonyl (C=O) groups excluding carboxylic acids is 1. The summed E-state index contributed by atoms with van der Waals surface area (Å²) in [7, 11) is 0. The molecule has 1 fully saturated rings. The summed E-state index contributed by atoms with van der Waals surface area (Å²) in [5.41, 5.74) is 6.37. The van der Waals surface area contributed by atoms with Crippen LogP contribution in [0.4, 0.5) is 10.1 Å². The summed E-state index contributed by atoms with van der Waals surface area (Å²) >= 11 is 9.55. The molecule has 38 heavy (non-hydrogen) atoms. The molecule has 4 aromatic rings. The molecular weight excluding hydrogens is 567 g/mol. The maximum Gasteiger partial charge on any atom is 0.255 e. The number of nitrogens with zero attached hydrogens (tertiary/aromatic N) is 3. The molecule has 0 radical (unpaired) electrons. The van der Waals surface area contributed by atoms with Gasteiger partial charge >= 0.3 is 0 Å². The van der Waals surface area contributed by atoms with Gasteiger partial charge in [-0.1, -0.05) is 48.0 Å². The predicted molar refractivity (Wildman–Crippen MR) is 153 cm³/mol. The summed E-state index contributed by atoms with van der Waals surface area (Å²) < 4.78 is 14.0. The fourth-order valence-electron chi connectivity index (χ4n) is 4.82. The fourth-order valence-corrected chi connectivity index (χ4v) is 5.30. The number of rotatable bonds is 6. The third kappa shape index (κ3) is 6.29. The van der Waals surface area contributed by atoms with Crippen LogP contribution in [0.5, 0.6) is 0 Å². The molecule has 5 rings (SSSR count). The number of pyridine rings is 2. The second-order valence-corrected chi connectivity index (χ2v) is 10.7. The zero-order chi connectivity index (χ0) is 26.6. The molecule has 3 heterocycles. The van der Waals surface area contributed by atoms with Gasteiger partial charge in [0.2, 0.25) is 0 Å². The summed E-state index contributed by atoms with van der Waals surface area (Å²) in [6, 6.07) is 20.2. The van der Waals surface area contributed by atoms with E-state index in [1.54, 1.807) is 24.3 Å². The van der Waals surface area contributed by atoms with Gasteiger partial charge in [-0.25, -0.2) is 14.4 Å². The summed E-state index contributed by atoms with van der Waals surface area (Å²) in [4.78, 5) is 24.2. The predicted octanol–water partition coefficient (Wildman–Crippen LogP) is 7.64. The molecule has 1 saturated heterocycles. The molecule has 194 valence electrons. The molecule has 0 atom stereocenters. The summed E-state index contributed by atoms with van der Waals surface area (Å²) in [5.74, 6) is -0.226. The third-order valence-electron chi connectivity index (χ3n) is 6.93. The minimum Gasteiger partial charge on any atom is -0.320 e. The van der Waals surface area contributed by atoms with Crippen molar-refractivity contribution in [2.24, 2.45) is 0 Å². The average molecular weight is 594 g/mol. The van der Waals surface area contributed by atoms with Crippen LogP contribution in [0.2, 0.25) is 5.15 Å². The number of hydrogen-bond acceptors (Lipinski definition) is 4. The van der Waals surface area contributed by atoms with E-state index < -0.39 is 0 Å². The molecule has 8 heteroatoms. The van der Waals surface area contributed by atoms with Gasteiger partial charge in [-0.3, -0.25) is 9.69 Å². The van der Waals surface area contributed by atoms with Crippen LogP contribution in [-0.2, 0) is 6.54 Å². The van der Waals surface area contributed by atoms with Crippen LogP contribution in [0.1, 0.15) is 45.9 Å². The lowest BCUT2D eigenvalue weighted by atomic mass is 9.91. The molecule has 1 amide bonds. The Morgan fingerprint density at radius 2 is 1.71 bits per heavy atom. The highest BCUT2D eigenvalue weighted by Gasteiger charge is 2.25. The fraction of sp³-hybridized carbons (Fsp3) is 0.233. The monoisotopic (exact) mass is 592 g/mol. The Morgan fingerprint density at radius 3 is 2.37 bits per heavy atom. The smallest absolute Gasteiger partial charge is 0.255 e. The zero-order valence-electron chi connectivity index (χ0n) is 20.9. The van der Waals surface area contributed by atoms with Crippen molar-refractivity contribution in [3.05, 3.63) is 111 Å². The van der Waals surface area contributed by atoms with Gasteiger partial charge in [-0.2, -0.15) is 0 Å². The average Bonchev–Trinajstić information content (AvgIpc) is 2.92. The molecule has 0 unspecified atom stereocenters. The molecule has 0 bridgehead atoms. The number of nitrogens with one attached hydrogen (secondary N) is 1. The minimum atomic E-state index is -0.236. The first-order valence-corrected chi connectivity index (χ1v) is 13.7. The Bertz CT molecular complexity index is 1440. The lowest BCUT2D eigenvalue weighted by molar-refractivity contribution is 0.102. The van der Waals surface area contributed by atoms with Crippen LogP contribution < -0.4 is 5.32 Å². The van der Waals surface area contributed by atoms with Crippen LogP contribution in [0.15, 0.2) is 77.5 Å². The molecule has 0 saturated carbocycles. The Hall–Kier alpha value is -3.13. The molecule has 5 nitrogen and oxygen atoms in total. The van der Waals surface area contributed by atoms with Gasteiger partial charge in [0.15, 0.2) is 0 Å². The number of aromatic nitrogens is 2. The van der Waals surface area contributed by atoms with Crippen LogP contribution in [-0.4, -0.2) is 33.9 Å². The lowest BCUT2D eigenvalue weighted by Gasteiger charge is -2.32. The number of amides is 1. The van der Waals surface area contributed by atoms with E-state index in [4.69, 9.17) is 16.6 Å². The van der Waals surface area contributed by atoms with E-state index in [9.17, 15) is 9.18 Å². The summed E-state index contributed by atoms with van der Waals surface area (Å²) in [5, 5.41) is 3.33. The molecular formula is C30H27BrClFN4O. The van der Waals surface area contributed by atoms with Gasteiger partial charge in [-0.05, 0) is 101 Å². The van der Waals surface area contributed by atoms with Crippen molar-refractivity contribution in [3.63, 3.8) is 0 Å². The van der Waals surface area contributed by atoms with E-state index in [-0.39, 0.29) is 22.8 Å². The Kier molecular flexibility index (Phi) is 8.17. The van der Waals surface area contributed by atoms with E-state index in [2.05, 4.69) is 55.4 Å². The van der Waals surface area contributed by atoms with Crippen molar-refractivity contribution >= 4 is 39.1 Å². The molecule has 1 aliphatic rings. The maximum absolute atomic E-state index is 13.2. The maximum atomic E-state index is 13.2. The number of anilines is 1. The first kappa shape index (κ1) is 26.5. The molecule has 1 N–H and O–H groups in total. The Labute approximate surface area is 235 Å². The van der Waals surface area contributed by atoms with Crippen molar-refractivity contribution in [1.29, 1.82) is 0 Å². The number of piperidine rings is 1. The van der Waals surface area contributed by atoms with Gasteiger partial charge < -0.3 is 5.32 Å². The standard InChI is InChI=1S/C30H27BrClFN4O/c1-19-16-26(35-30(38)24-10-13-34-27(32)17-24)28(36-29(19)31)23-11-14-37(15-12-23)18-20-2-4-21(5-3-20)22-6-8-25(33)9-7-22/h2-10,13,16-17,23H,11-12,14-15,18H2,1H3,(H,35,38). The van der Waals surface area contributed by atoms with Crippen LogP contribution in [0, 0.1) is 12.7 Å².